The Morgan fingerprint density at radius 3 is 2.81 bits per heavy atom. The maximum Gasteiger partial charge on any atom is 0.142 e. The zero-order chi connectivity index (χ0) is 15.1. The molecule has 0 atom stereocenters. The highest BCUT2D eigenvalue weighted by Crippen LogP contribution is 2.28. The minimum absolute atomic E-state index is 0.505. The van der Waals surface area contributed by atoms with Crippen LogP contribution in [0.3, 0.4) is 0 Å². The SMILES string of the molecule is C#CCN1CCC(Nc2ccc(C)cc2OCCC)CC1. The Labute approximate surface area is 128 Å². The molecule has 1 heterocycles. The second-order valence-corrected chi connectivity index (χ2v) is 5.75. The number of benzene rings is 1. The lowest BCUT2D eigenvalue weighted by atomic mass is 10.0. The minimum atomic E-state index is 0.505. The molecule has 0 aliphatic carbocycles. The van der Waals surface area contributed by atoms with Crippen LogP contribution in [0.25, 0.3) is 0 Å². The third kappa shape index (κ3) is 4.68. The molecule has 0 unspecified atom stereocenters. The fraction of sp³-hybridized carbons (Fsp3) is 0.556. The van der Waals surface area contributed by atoms with Gasteiger partial charge in [-0.15, -0.1) is 6.42 Å². The molecule has 1 N–H and O–H groups in total. The molecule has 114 valence electrons. The lowest BCUT2D eigenvalue weighted by Crippen LogP contribution is -2.39. The van der Waals surface area contributed by atoms with E-state index < -0.39 is 0 Å². The van der Waals surface area contributed by atoms with Gasteiger partial charge < -0.3 is 10.1 Å². The lowest BCUT2D eigenvalue weighted by Gasteiger charge is -2.32. The Hall–Kier alpha value is -1.66. The van der Waals surface area contributed by atoms with Crippen LogP contribution in [0.5, 0.6) is 5.75 Å². The fourth-order valence-corrected chi connectivity index (χ4v) is 2.66. The number of ether oxygens (including phenoxy) is 1. The van der Waals surface area contributed by atoms with Gasteiger partial charge in [0.15, 0.2) is 0 Å². The first kappa shape index (κ1) is 15.7. The molecule has 0 radical (unpaired) electrons. The van der Waals surface area contributed by atoms with E-state index in [1.807, 2.05) is 0 Å². The Morgan fingerprint density at radius 2 is 2.14 bits per heavy atom. The third-order valence-corrected chi connectivity index (χ3v) is 3.86. The molecular weight excluding hydrogens is 260 g/mol. The number of terminal acetylenes is 1. The Balaban J connectivity index is 1.95. The molecule has 0 bridgehead atoms. The van der Waals surface area contributed by atoms with Gasteiger partial charge in [-0.05, 0) is 43.9 Å². The molecule has 1 aliphatic rings. The van der Waals surface area contributed by atoms with E-state index in [0.29, 0.717) is 6.04 Å². The third-order valence-electron chi connectivity index (χ3n) is 3.86. The molecule has 3 heteroatoms. The van der Waals surface area contributed by atoms with Gasteiger partial charge in [0.25, 0.3) is 0 Å². The Morgan fingerprint density at radius 1 is 1.38 bits per heavy atom. The molecule has 0 aromatic heterocycles. The molecule has 21 heavy (non-hydrogen) atoms. The van der Waals surface area contributed by atoms with Crippen molar-refractivity contribution in [2.75, 3.05) is 31.6 Å². The summed E-state index contributed by atoms with van der Waals surface area (Å²) in [6.07, 6.45) is 8.66. The van der Waals surface area contributed by atoms with Crippen LogP contribution < -0.4 is 10.1 Å². The molecule has 0 spiro atoms. The average Bonchev–Trinajstić information content (AvgIpc) is 2.49. The number of nitrogens with one attached hydrogen (secondary N) is 1. The second kappa shape index (κ2) is 7.95. The molecular formula is C18H26N2O. The number of nitrogens with zero attached hydrogens (tertiary/aromatic N) is 1. The van der Waals surface area contributed by atoms with E-state index in [1.54, 1.807) is 0 Å². The monoisotopic (exact) mass is 286 g/mol. The van der Waals surface area contributed by atoms with Crippen molar-refractivity contribution in [3.05, 3.63) is 23.8 Å². The van der Waals surface area contributed by atoms with Crippen molar-refractivity contribution < 1.29 is 4.74 Å². The van der Waals surface area contributed by atoms with Crippen LogP contribution in [-0.2, 0) is 0 Å². The smallest absolute Gasteiger partial charge is 0.142 e. The number of hydrogen-bond acceptors (Lipinski definition) is 3. The van der Waals surface area contributed by atoms with E-state index in [2.05, 4.69) is 48.2 Å². The van der Waals surface area contributed by atoms with Crippen molar-refractivity contribution in [2.45, 2.75) is 39.2 Å². The van der Waals surface area contributed by atoms with Crippen LogP contribution in [0.1, 0.15) is 31.7 Å². The Bertz CT molecular complexity index is 484. The maximum absolute atomic E-state index is 5.87. The van der Waals surface area contributed by atoms with E-state index in [0.717, 1.165) is 56.9 Å². The van der Waals surface area contributed by atoms with Gasteiger partial charge in [-0.2, -0.15) is 0 Å². The van der Waals surface area contributed by atoms with Crippen LogP contribution in [0.15, 0.2) is 18.2 Å². The van der Waals surface area contributed by atoms with Crippen LogP contribution in [0.2, 0.25) is 0 Å². The van der Waals surface area contributed by atoms with Gasteiger partial charge in [-0.3, -0.25) is 4.90 Å². The Kier molecular flexibility index (Phi) is 5.95. The standard InChI is InChI=1S/C18H26N2O/c1-4-10-20-11-8-16(9-12-20)19-17-7-6-15(3)14-18(17)21-13-5-2/h1,6-7,14,16,19H,5,8-13H2,2-3H3. The van der Waals surface area contributed by atoms with Crippen molar-refractivity contribution >= 4 is 5.69 Å². The van der Waals surface area contributed by atoms with Crippen molar-refractivity contribution in [2.24, 2.45) is 0 Å². The first-order chi connectivity index (χ1) is 10.2. The quantitative estimate of drug-likeness (QED) is 0.812. The number of rotatable bonds is 6. The average molecular weight is 286 g/mol. The number of aryl methyl sites for hydroxylation is 1. The summed E-state index contributed by atoms with van der Waals surface area (Å²) in [5.41, 5.74) is 2.35. The highest BCUT2D eigenvalue weighted by atomic mass is 16.5. The topological polar surface area (TPSA) is 24.5 Å². The zero-order valence-electron chi connectivity index (χ0n) is 13.2. The van der Waals surface area contributed by atoms with Gasteiger partial charge in [-0.1, -0.05) is 18.9 Å². The largest absolute Gasteiger partial charge is 0.491 e. The van der Waals surface area contributed by atoms with Crippen molar-refractivity contribution in [3.8, 4) is 18.1 Å². The second-order valence-electron chi connectivity index (χ2n) is 5.75. The molecule has 1 aromatic rings. The van der Waals surface area contributed by atoms with Gasteiger partial charge >= 0.3 is 0 Å². The molecule has 1 aliphatic heterocycles. The van der Waals surface area contributed by atoms with Gasteiger partial charge in [0.1, 0.15) is 5.75 Å². The summed E-state index contributed by atoms with van der Waals surface area (Å²) in [6, 6.07) is 6.89. The molecule has 1 fully saturated rings. The van der Waals surface area contributed by atoms with Crippen LogP contribution in [0, 0.1) is 19.3 Å². The molecule has 3 nitrogen and oxygen atoms in total. The summed E-state index contributed by atoms with van der Waals surface area (Å²) in [4.78, 5) is 2.34. The predicted molar refractivity (Wildman–Crippen MR) is 88.9 cm³/mol. The highest BCUT2D eigenvalue weighted by Gasteiger charge is 2.19. The predicted octanol–water partition coefficient (Wildman–Crippen LogP) is 3.29. The fourth-order valence-electron chi connectivity index (χ4n) is 2.66. The van der Waals surface area contributed by atoms with Crippen LogP contribution in [0.4, 0.5) is 5.69 Å². The van der Waals surface area contributed by atoms with E-state index in [4.69, 9.17) is 11.2 Å². The van der Waals surface area contributed by atoms with E-state index in [9.17, 15) is 0 Å². The lowest BCUT2D eigenvalue weighted by molar-refractivity contribution is 0.243. The number of anilines is 1. The summed E-state index contributed by atoms with van der Waals surface area (Å²) in [6.45, 7) is 7.89. The zero-order valence-corrected chi connectivity index (χ0v) is 13.2. The number of hydrogen-bond donors (Lipinski definition) is 1. The van der Waals surface area contributed by atoms with E-state index in [1.165, 1.54) is 5.56 Å². The van der Waals surface area contributed by atoms with E-state index in [-0.39, 0.29) is 0 Å². The molecule has 0 amide bonds. The first-order valence-corrected chi connectivity index (χ1v) is 7.88. The van der Waals surface area contributed by atoms with Crippen molar-refractivity contribution in [1.82, 2.24) is 4.90 Å². The maximum atomic E-state index is 5.87. The highest BCUT2D eigenvalue weighted by molar-refractivity contribution is 5.58. The van der Waals surface area contributed by atoms with E-state index >= 15 is 0 Å². The summed E-state index contributed by atoms with van der Waals surface area (Å²) >= 11 is 0. The first-order valence-electron chi connectivity index (χ1n) is 7.88. The minimum Gasteiger partial charge on any atom is -0.491 e. The van der Waals surface area contributed by atoms with Crippen molar-refractivity contribution in [1.29, 1.82) is 0 Å². The van der Waals surface area contributed by atoms with Gasteiger partial charge in [0.05, 0.1) is 18.8 Å². The summed E-state index contributed by atoms with van der Waals surface area (Å²) in [5.74, 6) is 3.70. The number of piperidine rings is 1. The summed E-state index contributed by atoms with van der Waals surface area (Å²) in [5, 5.41) is 3.64. The normalized spacial score (nSPS) is 16.4. The molecule has 1 saturated heterocycles. The van der Waals surface area contributed by atoms with Gasteiger partial charge in [0.2, 0.25) is 0 Å². The summed E-state index contributed by atoms with van der Waals surface area (Å²) in [7, 11) is 0. The van der Waals surface area contributed by atoms with Crippen molar-refractivity contribution in [3.63, 3.8) is 0 Å². The molecule has 2 rings (SSSR count). The number of likely N-dealkylation sites (tertiary alicyclic amines) is 1. The summed E-state index contributed by atoms with van der Waals surface area (Å²) < 4.78 is 5.87. The van der Waals surface area contributed by atoms with Crippen LogP contribution in [-0.4, -0.2) is 37.2 Å². The molecule has 1 aromatic carbocycles. The van der Waals surface area contributed by atoms with Gasteiger partial charge in [0, 0.05) is 19.1 Å². The molecule has 0 saturated carbocycles. The van der Waals surface area contributed by atoms with Gasteiger partial charge in [-0.25, -0.2) is 0 Å². The van der Waals surface area contributed by atoms with Crippen LogP contribution >= 0.6 is 0 Å².